The zero-order chi connectivity index (χ0) is 25.9. The van der Waals surface area contributed by atoms with Gasteiger partial charge in [0.1, 0.15) is 11.6 Å². The summed E-state index contributed by atoms with van der Waals surface area (Å²) in [6, 6.07) is 15.5. The van der Waals surface area contributed by atoms with Gasteiger partial charge in [0.2, 0.25) is 5.91 Å². The topological polar surface area (TPSA) is 65.1 Å². The number of urea groups is 1. The molecule has 2 aliphatic rings. The number of hydrogen-bond acceptors (Lipinski definition) is 5. The minimum atomic E-state index is -0.275. The molecule has 0 saturated carbocycles. The number of carbonyl (C=O) groups excluding carboxylic acids is 2. The number of fused-ring (bicyclic) bond motifs is 1. The standard InChI is InChI=1S/C28H31FN4O3S/c1-19-17-31(12-13-33(19)28(35)30-22-7-4-8-23(16-22)36-2)26(34)18-32-11-9-25-24(10-14-37-25)27(32)20-5-3-6-21(29)15-20/h3-8,10,14-16,19,27H,9,11-13,17-18H2,1-2H3,(H,30,35)/t19-,27-/m0/s1. The molecule has 3 amide bonds. The summed E-state index contributed by atoms with van der Waals surface area (Å²) in [5.41, 5.74) is 2.68. The Bertz CT molecular complexity index is 1280. The number of rotatable bonds is 5. The van der Waals surface area contributed by atoms with Crippen LogP contribution in [0.25, 0.3) is 0 Å². The number of nitrogens with one attached hydrogen (secondary N) is 1. The monoisotopic (exact) mass is 522 g/mol. The van der Waals surface area contributed by atoms with E-state index in [0.717, 1.165) is 24.1 Å². The Hall–Kier alpha value is -3.43. The molecule has 3 aromatic rings. The molecule has 9 heteroatoms. The van der Waals surface area contributed by atoms with Gasteiger partial charge in [0, 0.05) is 48.9 Å². The molecule has 1 N–H and O–H groups in total. The molecule has 7 nitrogen and oxygen atoms in total. The van der Waals surface area contributed by atoms with Gasteiger partial charge in [-0.25, -0.2) is 9.18 Å². The second-order valence-corrected chi connectivity index (χ2v) is 10.5. The van der Waals surface area contributed by atoms with Crippen molar-refractivity contribution in [1.29, 1.82) is 0 Å². The Morgan fingerprint density at radius 2 is 1.95 bits per heavy atom. The Morgan fingerprint density at radius 1 is 1.11 bits per heavy atom. The number of hydrogen-bond donors (Lipinski definition) is 1. The number of ether oxygens (including phenoxy) is 1. The largest absolute Gasteiger partial charge is 0.497 e. The SMILES string of the molecule is COc1cccc(NC(=O)N2CCN(C(=O)CN3CCc4sccc4[C@@H]3c3cccc(F)c3)C[C@@H]2C)c1. The third-order valence-electron chi connectivity index (χ3n) is 7.13. The summed E-state index contributed by atoms with van der Waals surface area (Å²) < 4.78 is 19.3. The number of thiophene rings is 1. The molecule has 1 saturated heterocycles. The van der Waals surface area contributed by atoms with Crippen LogP contribution in [0.5, 0.6) is 5.75 Å². The summed E-state index contributed by atoms with van der Waals surface area (Å²) in [6.45, 7) is 4.32. The maximum absolute atomic E-state index is 14.1. The summed E-state index contributed by atoms with van der Waals surface area (Å²) in [6.07, 6.45) is 0.876. The van der Waals surface area contributed by atoms with Gasteiger partial charge in [-0.05, 0) is 60.2 Å². The summed E-state index contributed by atoms with van der Waals surface area (Å²) in [5, 5.41) is 5.00. The highest BCUT2D eigenvalue weighted by Crippen LogP contribution is 2.37. The van der Waals surface area contributed by atoms with Gasteiger partial charge in [-0.1, -0.05) is 18.2 Å². The average molecular weight is 523 g/mol. The molecule has 0 unspecified atom stereocenters. The molecule has 194 valence electrons. The molecule has 0 radical (unpaired) electrons. The fourth-order valence-electron chi connectivity index (χ4n) is 5.26. The van der Waals surface area contributed by atoms with E-state index in [9.17, 15) is 14.0 Å². The van der Waals surface area contributed by atoms with Crippen LogP contribution >= 0.6 is 11.3 Å². The lowest BCUT2D eigenvalue weighted by atomic mass is 9.93. The van der Waals surface area contributed by atoms with Gasteiger partial charge in [0.05, 0.1) is 19.7 Å². The van der Waals surface area contributed by atoms with Crippen LogP contribution in [0.3, 0.4) is 0 Å². The second-order valence-electron chi connectivity index (χ2n) is 9.52. The van der Waals surface area contributed by atoms with Crippen LogP contribution in [0.15, 0.2) is 60.0 Å². The van der Waals surface area contributed by atoms with Crippen molar-refractivity contribution >= 4 is 29.0 Å². The van der Waals surface area contributed by atoms with E-state index >= 15 is 0 Å². The van der Waals surface area contributed by atoms with Crippen LogP contribution < -0.4 is 10.1 Å². The zero-order valence-corrected chi connectivity index (χ0v) is 21.8. The van der Waals surface area contributed by atoms with Crippen LogP contribution in [-0.4, -0.2) is 72.5 Å². The molecular formula is C28H31FN4O3S. The van der Waals surface area contributed by atoms with Crippen LogP contribution in [0.1, 0.15) is 29.0 Å². The first-order valence-electron chi connectivity index (χ1n) is 12.5. The minimum Gasteiger partial charge on any atom is -0.497 e. The van der Waals surface area contributed by atoms with Crippen molar-refractivity contribution in [2.24, 2.45) is 0 Å². The van der Waals surface area contributed by atoms with Gasteiger partial charge in [-0.2, -0.15) is 0 Å². The zero-order valence-electron chi connectivity index (χ0n) is 21.0. The molecule has 0 aliphatic carbocycles. The molecule has 2 aromatic carbocycles. The molecule has 2 aliphatic heterocycles. The van der Waals surface area contributed by atoms with E-state index in [1.165, 1.54) is 10.9 Å². The summed E-state index contributed by atoms with van der Waals surface area (Å²) in [7, 11) is 1.59. The molecule has 5 rings (SSSR count). The number of anilines is 1. The average Bonchev–Trinajstić information content (AvgIpc) is 3.37. The number of amides is 3. The lowest BCUT2D eigenvalue weighted by Gasteiger charge is -2.41. The normalized spacial score (nSPS) is 19.9. The van der Waals surface area contributed by atoms with E-state index in [2.05, 4.69) is 21.7 Å². The van der Waals surface area contributed by atoms with Crippen LogP contribution in [0.4, 0.5) is 14.9 Å². The number of carbonyl (C=O) groups is 2. The summed E-state index contributed by atoms with van der Waals surface area (Å²) in [4.78, 5) is 33.4. The van der Waals surface area contributed by atoms with E-state index in [0.29, 0.717) is 31.1 Å². The van der Waals surface area contributed by atoms with Crippen molar-refractivity contribution in [2.45, 2.75) is 25.4 Å². The fraction of sp³-hybridized carbons (Fsp3) is 0.357. The Balaban J connectivity index is 1.24. The first-order valence-corrected chi connectivity index (χ1v) is 13.4. The fourth-order valence-corrected chi connectivity index (χ4v) is 6.17. The highest BCUT2D eigenvalue weighted by atomic mass is 32.1. The predicted molar refractivity (Wildman–Crippen MR) is 143 cm³/mol. The number of nitrogens with zero attached hydrogens (tertiary/aromatic N) is 3. The van der Waals surface area contributed by atoms with Crippen molar-refractivity contribution in [3.63, 3.8) is 0 Å². The van der Waals surface area contributed by atoms with E-state index in [-0.39, 0.29) is 36.4 Å². The highest BCUT2D eigenvalue weighted by molar-refractivity contribution is 7.10. The van der Waals surface area contributed by atoms with Gasteiger partial charge < -0.3 is 19.9 Å². The molecule has 37 heavy (non-hydrogen) atoms. The molecule has 2 atom stereocenters. The van der Waals surface area contributed by atoms with Crippen LogP contribution in [0.2, 0.25) is 0 Å². The van der Waals surface area contributed by atoms with Crippen LogP contribution in [0, 0.1) is 5.82 Å². The third-order valence-corrected chi connectivity index (χ3v) is 8.13. The number of methoxy groups -OCH3 is 1. The molecule has 1 fully saturated rings. The lowest BCUT2D eigenvalue weighted by Crippen LogP contribution is -2.58. The van der Waals surface area contributed by atoms with E-state index in [1.54, 1.807) is 41.5 Å². The number of halogens is 1. The smallest absolute Gasteiger partial charge is 0.322 e. The highest BCUT2D eigenvalue weighted by Gasteiger charge is 2.34. The summed E-state index contributed by atoms with van der Waals surface area (Å²) in [5.74, 6) is 0.424. The lowest BCUT2D eigenvalue weighted by molar-refractivity contribution is -0.135. The van der Waals surface area contributed by atoms with Crippen molar-refractivity contribution in [3.05, 3.63) is 81.8 Å². The molecule has 3 heterocycles. The second kappa shape index (κ2) is 10.9. The van der Waals surface area contributed by atoms with Crippen molar-refractivity contribution in [3.8, 4) is 5.75 Å². The first kappa shape index (κ1) is 25.2. The van der Waals surface area contributed by atoms with Gasteiger partial charge >= 0.3 is 6.03 Å². The van der Waals surface area contributed by atoms with E-state index < -0.39 is 0 Å². The molecular weight excluding hydrogens is 491 g/mol. The maximum Gasteiger partial charge on any atom is 0.322 e. The van der Waals surface area contributed by atoms with Crippen molar-refractivity contribution < 1.29 is 18.7 Å². The summed E-state index contributed by atoms with van der Waals surface area (Å²) >= 11 is 1.72. The number of piperazine rings is 1. The predicted octanol–water partition coefficient (Wildman–Crippen LogP) is 4.61. The molecule has 0 bridgehead atoms. The molecule has 1 aromatic heterocycles. The van der Waals surface area contributed by atoms with Crippen molar-refractivity contribution in [1.82, 2.24) is 14.7 Å². The minimum absolute atomic E-state index is 0.0276. The quantitative estimate of drug-likeness (QED) is 0.532. The Morgan fingerprint density at radius 3 is 2.73 bits per heavy atom. The van der Waals surface area contributed by atoms with E-state index in [1.807, 2.05) is 36.1 Å². The van der Waals surface area contributed by atoms with E-state index in [4.69, 9.17) is 4.74 Å². The Labute approximate surface area is 220 Å². The first-order chi connectivity index (χ1) is 17.9. The van der Waals surface area contributed by atoms with Crippen LogP contribution in [-0.2, 0) is 11.2 Å². The van der Waals surface area contributed by atoms with Gasteiger partial charge in [-0.3, -0.25) is 9.69 Å². The maximum atomic E-state index is 14.1. The third kappa shape index (κ3) is 5.47. The Kier molecular flexibility index (Phi) is 7.43. The van der Waals surface area contributed by atoms with Gasteiger partial charge in [0.15, 0.2) is 0 Å². The van der Waals surface area contributed by atoms with Gasteiger partial charge in [-0.15, -0.1) is 11.3 Å². The van der Waals surface area contributed by atoms with Gasteiger partial charge in [0.25, 0.3) is 0 Å². The number of benzene rings is 2. The molecule has 0 spiro atoms. The van der Waals surface area contributed by atoms with Crippen molar-refractivity contribution in [2.75, 3.05) is 45.2 Å².